The molecule has 2 atom stereocenters. The van der Waals surface area contributed by atoms with Crippen molar-refractivity contribution in [1.29, 1.82) is 5.26 Å². The molecule has 1 saturated heterocycles. The summed E-state index contributed by atoms with van der Waals surface area (Å²) in [6.45, 7) is 4.84. The molecule has 8 heteroatoms. The molecule has 0 spiro atoms. The van der Waals surface area contributed by atoms with Gasteiger partial charge in [-0.2, -0.15) is 5.26 Å². The van der Waals surface area contributed by atoms with Gasteiger partial charge in [0.1, 0.15) is 24.2 Å². The third-order valence-corrected chi connectivity index (χ3v) is 4.97. The Morgan fingerprint density at radius 1 is 1.38 bits per heavy atom. The molecule has 2 unspecified atom stereocenters. The van der Waals surface area contributed by atoms with Gasteiger partial charge in [-0.05, 0) is 42.9 Å². The molecule has 1 fully saturated rings. The van der Waals surface area contributed by atoms with E-state index in [1.165, 1.54) is 19.2 Å². The van der Waals surface area contributed by atoms with Crippen LogP contribution in [0, 0.1) is 23.1 Å². The Hall–Kier alpha value is -2.82. The molecular formula is C21H29FN4O3. The fourth-order valence-corrected chi connectivity index (χ4v) is 3.56. The van der Waals surface area contributed by atoms with Crippen LogP contribution in [0.1, 0.15) is 44.6 Å². The minimum atomic E-state index is -0.703. The first-order valence-corrected chi connectivity index (χ1v) is 9.88. The van der Waals surface area contributed by atoms with Gasteiger partial charge in [0, 0.05) is 25.1 Å². The summed E-state index contributed by atoms with van der Waals surface area (Å²) in [5.41, 5.74) is 0.796. The molecule has 3 amide bonds. The lowest BCUT2D eigenvalue weighted by atomic mass is 9.90. The van der Waals surface area contributed by atoms with E-state index in [4.69, 9.17) is 10.00 Å². The number of urea groups is 1. The first-order valence-electron chi connectivity index (χ1n) is 9.88. The summed E-state index contributed by atoms with van der Waals surface area (Å²) < 4.78 is 19.0. The maximum atomic E-state index is 13.9. The fraction of sp³-hybridized carbons (Fsp3) is 0.571. The lowest BCUT2D eigenvalue weighted by molar-refractivity contribution is -0.123. The molecule has 7 nitrogen and oxygen atoms in total. The molecule has 0 radical (unpaired) electrons. The second kappa shape index (κ2) is 10.6. The van der Waals surface area contributed by atoms with E-state index in [1.54, 1.807) is 11.0 Å². The van der Waals surface area contributed by atoms with E-state index in [0.29, 0.717) is 25.3 Å². The molecule has 0 aliphatic carbocycles. The number of hydrogen-bond acceptors (Lipinski definition) is 4. The summed E-state index contributed by atoms with van der Waals surface area (Å²) in [5.74, 6) is -0.0890. The average Bonchev–Trinajstić information content (AvgIpc) is 2.70. The average molecular weight is 404 g/mol. The van der Waals surface area contributed by atoms with E-state index >= 15 is 0 Å². The van der Waals surface area contributed by atoms with Gasteiger partial charge in [-0.15, -0.1) is 0 Å². The molecule has 2 rings (SSSR count). The normalized spacial score (nSPS) is 17.4. The number of carbonyl (C=O) groups excluding carboxylic acids is 2. The van der Waals surface area contributed by atoms with Crippen LogP contribution in [0.3, 0.4) is 0 Å². The maximum Gasteiger partial charge on any atom is 0.318 e. The number of carbonyl (C=O) groups is 2. The van der Waals surface area contributed by atoms with Crippen LogP contribution in [-0.4, -0.2) is 49.6 Å². The summed E-state index contributed by atoms with van der Waals surface area (Å²) >= 11 is 0. The van der Waals surface area contributed by atoms with Gasteiger partial charge in [-0.3, -0.25) is 4.79 Å². The lowest BCUT2D eigenvalue weighted by Gasteiger charge is -2.34. The molecule has 0 saturated carbocycles. The second-order valence-electron chi connectivity index (χ2n) is 7.72. The monoisotopic (exact) mass is 404 g/mol. The summed E-state index contributed by atoms with van der Waals surface area (Å²) in [5, 5.41) is 14.0. The van der Waals surface area contributed by atoms with Gasteiger partial charge in [0.25, 0.3) is 0 Å². The number of halogens is 1. The summed E-state index contributed by atoms with van der Waals surface area (Å²) in [4.78, 5) is 26.8. The van der Waals surface area contributed by atoms with Crippen LogP contribution < -0.4 is 15.4 Å². The predicted molar refractivity (Wildman–Crippen MR) is 107 cm³/mol. The van der Waals surface area contributed by atoms with Gasteiger partial charge in [-0.1, -0.05) is 13.8 Å². The zero-order valence-corrected chi connectivity index (χ0v) is 17.2. The summed E-state index contributed by atoms with van der Waals surface area (Å²) in [6.07, 6.45) is 2.10. The van der Waals surface area contributed by atoms with Crippen molar-refractivity contribution in [2.75, 3.05) is 26.7 Å². The number of rotatable bonds is 7. The molecule has 1 heterocycles. The highest BCUT2D eigenvalue weighted by molar-refractivity contribution is 5.87. The first-order chi connectivity index (χ1) is 13.8. The number of nitriles is 1. The molecule has 29 heavy (non-hydrogen) atoms. The van der Waals surface area contributed by atoms with Crippen molar-refractivity contribution in [1.82, 2.24) is 15.5 Å². The van der Waals surface area contributed by atoms with Crippen molar-refractivity contribution < 1.29 is 18.7 Å². The maximum absolute atomic E-state index is 13.9. The van der Waals surface area contributed by atoms with Crippen LogP contribution in [-0.2, 0) is 4.79 Å². The first kappa shape index (κ1) is 22.5. The van der Waals surface area contributed by atoms with Gasteiger partial charge < -0.3 is 20.3 Å². The van der Waals surface area contributed by atoms with Crippen LogP contribution in [0.5, 0.6) is 5.75 Å². The number of nitrogens with zero attached hydrogens (tertiary/aromatic N) is 2. The molecule has 1 aromatic carbocycles. The number of piperidine rings is 1. The zero-order valence-electron chi connectivity index (χ0n) is 17.2. The SMILES string of the molecule is COc1cc(F)cc(C2CCCN(C(=O)NC(CC(C)C)C(=O)NCC#N)C2)c1. The smallest absolute Gasteiger partial charge is 0.318 e. The topological polar surface area (TPSA) is 94.5 Å². The summed E-state index contributed by atoms with van der Waals surface area (Å²) in [6, 6.07) is 5.44. The Kier molecular flexibility index (Phi) is 8.25. The van der Waals surface area contributed by atoms with Crippen LogP contribution in [0.4, 0.5) is 9.18 Å². The minimum absolute atomic E-state index is 0.00457. The van der Waals surface area contributed by atoms with E-state index in [-0.39, 0.29) is 36.1 Å². The van der Waals surface area contributed by atoms with Crippen molar-refractivity contribution in [3.63, 3.8) is 0 Å². The van der Waals surface area contributed by atoms with E-state index in [2.05, 4.69) is 10.6 Å². The zero-order chi connectivity index (χ0) is 21.4. The molecule has 0 aromatic heterocycles. The van der Waals surface area contributed by atoms with Crippen molar-refractivity contribution in [3.05, 3.63) is 29.6 Å². The van der Waals surface area contributed by atoms with Crippen LogP contribution >= 0.6 is 0 Å². The van der Waals surface area contributed by atoms with E-state index < -0.39 is 6.04 Å². The number of amides is 3. The van der Waals surface area contributed by atoms with Gasteiger partial charge in [0.15, 0.2) is 0 Å². The lowest BCUT2D eigenvalue weighted by Crippen LogP contribution is -2.53. The number of methoxy groups -OCH3 is 1. The third-order valence-electron chi connectivity index (χ3n) is 4.97. The molecular weight excluding hydrogens is 375 g/mol. The Morgan fingerprint density at radius 3 is 2.79 bits per heavy atom. The largest absolute Gasteiger partial charge is 0.497 e. The van der Waals surface area contributed by atoms with Crippen molar-refractivity contribution >= 4 is 11.9 Å². The van der Waals surface area contributed by atoms with Crippen molar-refractivity contribution in [2.24, 2.45) is 5.92 Å². The molecule has 1 aliphatic heterocycles. The quantitative estimate of drug-likeness (QED) is 0.683. The number of ether oxygens (including phenoxy) is 1. The number of likely N-dealkylation sites (tertiary alicyclic amines) is 1. The van der Waals surface area contributed by atoms with Crippen molar-refractivity contribution in [3.8, 4) is 11.8 Å². The van der Waals surface area contributed by atoms with Gasteiger partial charge in [0.05, 0.1) is 13.2 Å². The Balaban J connectivity index is 2.06. The van der Waals surface area contributed by atoms with E-state index in [9.17, 15) is 14.0 Å². The number of nitrogens with one attached hydrogen (secondary N) is 2. The van der Waals surface area contributed by atoms with E-state index in [0.717, 1.165) is 18.4 Å². The summed E-state index contributed by atoms with van der Waals surface area (Å²) in [7, 11) is 1.49. The Bertz CT molecular complexity index is 763. The minimum Gasteiger partial charge on any atom is -0.497 e. The highest BCUT2D eigenvalue weighted by Crippen LogP contribution is 2.30. The highest BCUT2D eigenvalue weighted by atomic mass is 19.1. The van der Waals surface area contributed by atoms with E-state index in [1.807, 2.05) is 19.9 Å². The van der Waals surface area contributed by atoms with Crippen LogP contribution in [0.25, 0.3) is 0 Å². The van der Waals surface area contributed by atoms with Crippen molar-refractivity contribution in [2.45, 2.75) is 45.1 Å². The Labute approximate surface area is 171 Å². The standard InChI is InChI=1S/C21H29FN4O3/c1-14(2)9-19(20(27)24-7-6-23)25-21(28)26-8-4-5-15(13-26)16-10-17(22)12-18(11-16)29-3/h10-12,14-15,19H,4-5,7-9,13H2,1-3H3,(H,24,27)(H,25,28). The number of benzene rings is 1. The van der Waals surface area contributed by atoms with Crippen LogP contribution in [0.2, 0.25) is 0 Å². The highest BCUT2D eigenvalue weighted by Gasteiger charge is 2.29. The molecule has 1 aliphatic rings. The van der Waals surface area contributed by atoms with Gasteiger partial charge >= 0.3 is 6.03 Å². The predicted octanol–water partition coefficient (Wildman–Crippen LogP) is 2.78. The fourth-order valence-electron chi connectivity index (χ4n) is 3.56. The number of hydrogen-bond donors (Lipinski definition) is 2. The Morgan fingerprint density at radius 2 is 2.14 bits per heavy atom. The van der Waals surface area contributed by atoms with Crippen LogP contribution in [0.15, 0.2) is 18.2 Å². The van der Waals surface area contributed by atoms with Gasteiger partial charge in [0.2, 0.25) is 5.91 Å². The molecule has 2 N–H and O–H groups in total. The second-order valence-corrected chi connectivity index (χ2v) is 7.72. The molecule has 0 bridgehead atoms. The molecule has 158 valence electrons. The third kappa shape index (κ3) is 6.63. The van der Waals surface area contributed by atoms with Gasteiger partial charge in [-0.25, -0.2) is 9.18 Å². The molecule has 1 aromatic rings.